The van der Waals surface area contributed by atoms with Crippen molar-refractivity contribution in [2.75, 3.05) is 7.11 Å². The van der Waals surface area contributed by atoms with Crippen molar-refractivity contribution in [2.45, 2.75) is 44.1 Å². The summed E-state index contributed by atoms with van der Waals surface area (Å²) in [5, 5.41) is 0. The van der Waals surface area contributed by atoms with E-state index in [0.717, 1.165) is 0 Å². The predicted molar refractivity (Wildman–Crippen MR) is 52.6 cm³/mol. The van der Waals surface area contributed by atoms with Crippen molar-refractivity contribution in [3.05, 3.63) is 11.6 Å². The molecule has 0 N–H and O–H groups in total. The summed E-state index contributed by atoms with van der Waals surface area (Å²) in [6.07, 6.45) is 1.21. The molecular formula is C11H14O5. The van der Waals surface area contributed by atoms with Gasteiger partial charge in [0.05, 0.1) is 12.7 Å². The zero-order valence-corrected chi connectivity index (χ0v) is 9.43. The van der Waals surface area contributed by atoms with E-state index in [1.54, 1.807) is 6.08 Å². The predicted octanol–water partition coefficient (Wildman–Crippen LogP) is 0.387. The maximum absolute atomic E-state index is 11.5. The second kappa shape index (κ2) is 3.06. The Balaban J connectivity index is 1.88. The lowest BCUT2D eigenvalue weighted by atomic mass is 9.95. The van der Waals surface area contributed by atoms with Crippen LogP contribution in [0.25, 0.3) is 0 Å². The first-order valence-corrected chi connectivity index (χ1v) is 5.33. The molecule has 0 radical (unpaired) electrons. The molecule has 0 aromatic rings. The topological polar surface area (TPSA) is 57.3 Å². The van der Waals surface area contributed by atoms with Crippen LogP contribution >= 0.6 is 0 Å². The Labute approximate surface area is 93.3 Å². The van der Waals surface area contributed by atoms with Crippen LogP contribution in [-0.2, 0) is 23.7 Å². The highest BCUT2D eigenvalue weighted by atomic mass is 16.8. The molecule has 5 nitrogen and oxygen atoms in total. The van der Waals surface area contributed by atoms with E-state index in [0.29, 0.717) is 5.57 Å². The molecule has 3 aliphatic rings. The van der Waals surface area contributed by atoms with Crippen LogP contribution in [0.3, 0.4) is 0 Å². The molecule has 0 saturated carbocycles. The molecule has 2 fully saturated rings. The molecule has 0 aromatic carbocycles. The van der Waals surface area contributed by atoms with Gasteiger partial charge in [0, 0.05) is 0 Å². The summed E-state index contributed by atoms with van der Waals surface area (Å²) >= 11 is 0. The summed E-state index contributed by atoms with van der Waals surface area (Å²) < 4.78 is 21.6. The number of esters is 1. The minimum Gasteiger partial charge on any atom is -0.466 e. The number of fused-ring (bicyclic) bond motifs is 3. The summed E-state index contributed by atoms with van der Waals surface area (Å²) in [6.45, 7) is 3.71. The van der Waals surface area contributed by atoms with Crippen molar-refractivity contribution in [1.29, 1.82) is 0 Å². The average molecular weight is 226 g/mol. The molecule has 4 atom stereocenters. The number of carbonyl (C=O) groups excluding carboxylic acids is 1. The fraction of sp³-hybridized carbons (Fsp3) is 0.727. The largest absolute Gasteiger partial charge is 0.466 e. The highest BCUT2D eigenvalue weighted by Crippen LogP contribution is 2.45. The third kappa shape index (κ3) is 1.39. The maximum Gasteiger partial charge on any atom is 0.336 e. The zero-order valence-electron chi connectivity index (χ0n) is 9.43. The standard InChI is InChI=1S/C11H14O5/c1-11(2)15-6-4-5(10(12)13-3)7-9(14-7)8(6)16-11/h4,6-9H,1-3H3/t6-,7-,8-,9-/m1/s1. The van der Waals surface area contributed by atoms with Crippen molar-refractivity contribution in [3.8, 4) is 0 Å². The van der Waals surface area contributed by atoms with Gasteiger partial charge in [0.1, 0.15) is 24.4 Å². The van der Waals surface area contributed by atoms with Crippen LogP contribution in [-0.4, -0.2) is 43.3 Å². The van der Waals surface area contributed by atoms with Crippen LogP contribution in [0, 0.1) is 0 Å². The van der Waals surface area contributed by atoms with E-state index < -0.39 is 5.79 Å². The van der Waals surface area contributed by atoms with Crippen molar-refractivity contribution in [3.63, 3.8) is 0 Å². The van der Waals surface area contributed by atoms with Crippen LogP contribution in [0.1, 0.15) is 13.8 Å². The number of hydrogen-bond donors (Lipinski definition) is 0. The molecule has 1 aliphatic carbocycles. The fourth-order valence-electron chi connectivity index (χ4n) is 2.40. The first kappa shape index (κ1) is 10.3. The van der Waals surface area contributed by atoms with Crippen LogP contribution in [0.15, 0.2) is 11.6 Å². The monoisotopic (exact) mass is 226 g/mol. The molecule has 3 rings (SSSR count). The molecule has 0 aromatic heterocycles. The Morgan fingerprint density at radius 3 is 2.81 bits per heavy atom. The number of epoxide rings is 1. The molecule has 2 heterocycles. The summed E-state index contributed by atoms with van der Waals surface area (Å²) in [6, 6.07) is 0. The van der Waals surface area contributed by atoms with E-state index >= 15 is 0 Å². The first-order chi connectivity index (χ1) is 7.52. The van der Waals surface area contributed by atoms with Gasteiger partial charge in [-0.3, -0.25) is 0 Å². The number of carbonyl (C=O) groups is 1. The molecule has 2 saturated heterocycles. The summed E-state index contributed by atoms with van der Waals surface area (Å²) in [7, 11) is 1.36. The molecule has 88 valence electrons. The van der Waals surface area contributed by atoms with Gasteiger partial charge in [-0.05, 0) is 19.9 Å². The molecule has 2 aliphatic heterocycles. The molecule has 0 amide bonds. The van der Waals surface area contributed by atoms with Crippen LogP contribution in [0.5, 0.6) is 0 Å². The van der Waals surface area contributed by atoms with Crippen molar-refractivity contribution >= 4 is 5.97 Å². The van der Waals surface area contributed by atoms with Crippen molar-refractivity contribution < 1.29 is 23.7 Å². The molecule has 0 unspecified atom stereocenters. The molecule has 0 bridgehead atoms. The number of ether oxygens (including phenoxy) is 4. The Kier molecular flexibility index (Phi) is 1.96. The molecular weight excluding hydrogens is 212 g/mol. The molecule has 5 heteroatoms. The summed E-state index contributed by atoms with van der Waals surface area (Å²) in [5.41, 5.74) is 0.551. The second-order valence-corrected chi connectivity index (χ2v) is 4.70. The van der Waals surface area contributed by atoms with Gasteiger partial charge < -0.3 is 18.9 Å². The van der Waals surface area contributed by atoms with Gasteiger partial charge in [-0.1, -0.05) is 0 Å². The number of hydrogen-bond acceptors (Lipinski definition) is 5. The third-order valence-electron chi connectivity index (χ3n) is 3.08. The molecule has 16 heavy (non-hydrogen) atoms. The number of rotatable bonds is 1. The van der Waals surface area contributed by atoms with Crippen molar-refractivity contribution in [2.24, 2.45) is 0 Å². The fourth-order valence-corrected chi connectivity index (χ4v) is 2.40. The highest BCUT2D eigenvalue weighted by Gasteiger charge is 2.60. The minimum absolute atomic E-state index is 0.0640. The lowest BCUT2D eigenvalue weighted by Gasteiger charge is -2.16. The normalized spacial score (nSPS) is 43.1. The van der Waals surface area contributed by atoms with E-state index in [1.165, 1.54) is 7.11 Å². The lowest BCUT2D eigenvalue weighted by Crippen LogP contribution is -2.34. The van der Waals surface area contributed by atoms with Crippen LogP contribution in [0.4, 0.5) is 0 Å². The Hall–Kier alpha value is -0.910. The zero-order chi connectivity index (χ0) is 11.5. The quantitative estimate of drug-likeness (QED) is 0.478. The van der Waals surface area contributed by atoms with E-state index in [2.05, 4.69) is 0 Å². The van der Waals surface area contributed by atoms with Crippen LogP contribution < -0.4 is 0 Å². The van der Waals surface area contributed by atoms with Gasteiger partial charge in [-0.2, -0.15) is 0 Å². The van der Waals surface area contributed by atoms with E-state index in [1.807, 2.05) is 13.8 Å². The van der Waals surface area contributed by atoms with E-state index in [9.17, 15) is 4.79 Å². The SMILES string of the molecule is COC(=O)C1=C[C@H]2OC(C)(C)O[C@H]2[C@@H]2O[C@H]12. The summed E-state index contributed by atoms with van der Waals surface area (Å²) in [4.78, 5) is 11.5. The van der Waals surface area contributed by atoms with Gasteiger partial charge in [-0.15, -0.1) is 0 Å². The first-order valence-electron chi connectivity index (χ1n) is 5.33. The smallest absolute Gasteiger partial charge is 0.336 e. The molecule has 0 spiro atoms. The van der Waals surface area contributed by atoms with E-state index in [-0.39, 0.29) is 30.4 Å². The van der Waals surface area contributed by atoms with Gasteiger partial charge in [-0.25, -0.2) is 4.79 Å². The van der Waals surface area contributed by atoms with Crippen LogP contribution in [0.2, 0.25) is 0 Å². The summed E-state index contributed by atoms with van der Waals surface area (Å²) in [5.74, 6) is -0.965. The second-order valence-electron chi connectivity index (χ2n) is 4.70. The minimum atomic E-state index is -0.617. The van der Waals surface area contributed by atoms with Crippen molar-refractivity contribution in [1.82, 2.24) is 0 Å². The Morgan fingerprint density at radius 2 is 2.12 bits per heavy atom. The van der Waals surface area contributed by atoms with E-state index in [4.69, 9.17) is 18.9 Å². The lowest BCUT2D eigenvalue weighted by molar-refractivity contribution is -0.144. The maximum atomic E-state index is 11.5. The van der Waals surface area contributed by atoms with Gasteiger partial charge in [0.2, 0.25) is 0 Å². The average Bonchev–Trinajstić information content (AvgIpc) is 2.94. The van der Waals surface area contributed by atoms with Gasteiger partial charge in [0.25, 0.3) is 0 Å². The number of methoxy groups -OCH3 is 1. The van der Waals surface area contributed by atoms with Gasteiger partial charge in [0.15, 0.2) is 5.79 Å². The Bertz CT molecular complexity index is 373. The highest BCUT2D eigenvalue weighted by molar-refractivity contribution is 5.90. The Morgan fingerprint density at radius 1 is 1.38 bits per heavy atom. The third-order valence-corrected chi connectivity index (χ3v) is 3.08. The van der Waals surface area contributed by atoms with Gasteiger partial charge >= 0.3 is 5.97 Å².